The molecule has 0 N–H and O–H groups in total. The molecule has 0 saturated carbocycles. The summed E-state index contributed by atoms with van der Waals surface area (Å²) in [6, 6.07) is 11.4. The van der Waals surface area contributed by atoms with Crippen LogP contribution in [-0.4, -0.2) is 22.3 Å². The molecule has 1 aliphatic rings. The summed E-state index contributed by atoms with van der Waals surface area (Å²) in [6.07, 6.45) is 1.78. The molecule has 1 aliphatic heterocycles. The van der Waals surface area contributed by atoms with Gasteiger partial charge in [0.1, 0.15) is 0 Å². The minimum absolute atomic E-state index is 0.0141. The molecule has 0 radical (unpaired) electrons. The minimum Gasteiger partial charge on any atom is -0.327 e. The number of unbranched alkanes of at least 4 members (excludes halogenated alkanes) is 1. The Labute approximate surface area is 145 Å². The molecule has 1 atom stereocenters. The van der Waals surface area contributed by atoms with Gasteiger partial charge in [-0.1, -0.05) is 43.1 Å². The fourth-order valence-corrected chi connectivity index (χ4v) is 3.29. The lowest BCUT2D eigenvalue weighted by atomic mass is 9.96. The first kappa shape index (κ1) is 16.5. The zero-order valence-electron chi connectivity index (χ0n) is 13.2. The van der Waals surface area contributed by atoms with Crippen LogP contribution in [0, 0.1) is 10.1 Å². The second-order valence-corrected chi connectivity index (χ2v) is 6.24. The zero-order valence-corrected chi connectivity index (χ0v) is 14.0. The van der Waals surface area contributed by atoms with Gasteiger partial charge in [-0.15, -0.1) is 0 Å². The lowest BCUT2D eigenvalue weighted by Crippen LogP contribution is -2.29. The van der Waals surface area contributed by atoms with E-state index in [0.717, 1.165) is 18.4 Å². The molecule has 0 saturated heterocycles. The maximum absolute atomic E-state index is 12.8. The Hall–Kier alpha value is -2.40. The molecule has 0 fully saturated rings. The number of benzene rings is 2. The van der Waals surface area contributed by atoms with Gasteiger partial charge in [-0.3, -0.25) is 14.9 Å². The van der Waals surface area contributed by atoms with Gasteiger partial charge in [0, 0.05) is 17.6 Å². The van der Waals surface area contributed by atoms with Crippen LogP contribution in [0.3, 0.4) is 0 Å². The van der Waals surface area contributed by atoms with E-state index >= 15 is 0 Å². The molecule has 24 heavy (non-hydrogen) atoms. The van der Waals surface area contributed by atoms with Crippen molar-refractivity contribution in [1.29, 1.82) is 0 Å². The van der Waals surface area contributed by atoms with Crippen LogP contribution in [0.4, 0.5) is 5.69 Å². The first-order valence-electron chi connectivity index (χ1n) is 7.88. The van der Waals surface area contributed by atoms with Gasteiger partial charge < -0.3 is 4.90 Å². The molecular formula is C18H17ClN2O3. The summed E-state index contributed by atoms with van der Waals surface area (Å²) < 4.78 is 0. The predicted molar refractivity (Wildman–Crippen MR) is 92.3 cm³/mol. The van der Waals surface area contributed by atoms with Gasteiger partial charge in [-0.2, -0.15) is 0 Å². The Morgan fingerprint density at radius 1 is 1.21 bits per heavy atom. The van der Waals surface area contributed by atoms with Gasteiger partial charge in [0.15, 0.2) is 0 Å². The Kier molecular flexibility index (Phi) is 4.53. The molecule has 124 valence electrons. The van der Waals surface area contributed by atoms with Crippen LogP contribution >= 0.6 is 11.6 Å². The van der Waals surface area contributed by atoms with Gasteiger partial charge >= 0.3 is 0 Å². The maximum atomic E-state index is 12.8. The van der Waals surface area contributed by atoms with E-state index in [1.807, 2.05) is 19.1 Å². The molecule has 2 aromatic carbocycles. The Bertz CT molecular complexity index is 789. The van der Waals surface area contributed by atoms with Crippen LogP contribution in [0.25, 0.3) is 0 Å². The molecule has 1 amide bonds. The fourth-order valence-electron chi connectivity index (χ4n) is 3.16. The van der Waals surface area contributed by atoms with Crippen LogP contribution in [0.2, 0.25) is 5.02 Å². The maximum Gasteiger partial charge on any atom is 0.275 e. The molecule has 6 heteroatoms. The lowest BCUT2D eigenvalue weighted by Gasteiger charge is -2.25. The third kappa shape index (κ3) is 2.76. The molecule has 5 nitrogen and oxygen atoms in total. The molecule has 0 aromatic heterocycles. The predicted octanol–water partition coefficient (Wildman–Crippen LogP) is 4.59. The van der Waals surface area contributed by atoms with Crippen LogP contribution in [0.15, 0.2) is 42.5 Å². The molecule has 0 spiro atoms. The summed E-state index contributed by atoms with van der Waals surface area (Å²) in [7, 11) is 0. The Morgan fingerprint density at radius 2 is 1.92 bits per heavy atom. The monoisotopic (exact) mass is 344 g/mol. The summed E-state index contributed by atoms with van der Waals surface area (Å²) in [5.41, 5.74) is 1.71. The van der Waals surface area contributed by atoms with Crippen molar-refractivity contribution in [3.05, 3.63) is 74.3 Å². The summed E-state index contributed by atoms with van der Waals surface area (Å²) in [6.45, 7) is 2.61. The van der Waals surface area contributed by atoms with Crippen LogP contribution in [-0.2, 0) is 0 Å². The van der Waals surface area contributed by atoms with Crippen molar-refractivity contribution in [3.8, 4) is 0 Å². The average Bonchev–Trinajstić information content (AvgIpc) is 2.86. The summed E-state index contributed by atoms with van der Waals surface area (Å²) in [5.74, 6) is -0.151. The molecule has 3 rings (SSSR count). The van der Waals surface area contributed by atoms with Crippen LogP contribution in [0.5, 0.6) is 0 Å². The number of nitro groups is 1. The topological polar surface area (TPSA) is 63.5 Å². The van der Waals surface area contributed by atoms with Gasteiger partial charge in [-0.25, -0.2) is 0 Å². The molecule has 0 bridgehead atoms. The van der Waals surface area contributed by atoms with E-state index in [-0.39, 0.29) is 11.6 Å². The fraction of sp³-hybridized carbons (Fsp3) is 0.278. The second kappa shape index (κ2) is 6.61. The van der Waals surface area contributed by atoms with Crippen molar-refractivity contribution in [1.82, 2.24) is 4.90 Å². The lowest BCUT2D eigenvalue weighted by molar-refractivity contribution is -0.385. The number of carbonyl (C=O) groups is 1. The summed E-state index contributed by atoms with van der Waals surface area (Å²) in [4.78, 5) is 25.6. The highest BCUT2D eigenvalue weighted by molar-refractivity contribution is 6.30. The normalized spacial score (nSPS) is 16.3. The zero-order chi connectivity index (χ0) is 17.3. The third-order valence-corrected chi connectivity index (χ3v) is 4.55. The molecule has 2 aromatic rings. The number of nitrogens with zero attached hydrogens (tertiary/aromatic N) is 2. The second-order valence-electron chi connectivity index (χ2n) is 5.80. The number of rotatable bonds is 5. The van der Waals surface area contributed by atoms with Crippen molar-refractivity contribution in [2.75, 3.05) is 6.54 Å². The van der Waals surface area contributed by atoms with E-state index in [4.69, 9.17) is 11.6 Å². The molecule has 0 aliphatic carbocycles. The first-order chi connectivity index (χ1) is 11.5. The number of fused-ring (bicyclic) bond motifs is 1. The highest BCUT2D eigenvalue weighted by atomic mass is 35.5. The van der Waals surface area contributed by atoms with E-state index in [9.17, 15) is 14.9 Å². The highest BCUT2D eigenvalue weighted by Crippen LogP contribution is 2.43. The van der Waals surface area contributed by atoms with E-state index in [0.29, 0.717) is 22.7 Å². The SMILES string of the molecule is CCCCN1C(=O)c2cccc([N+](=O)[O-])c2C1c1ccc(Cl)cc1. The first-order valence-corrected chi connectivity index (χ1v) is 8.26. The quantitative estimate of drug-likeness (QED) is 0.588. The standard InChI is InChI=1S/C18H17ClN2O3/c1-2-3-11-20-17(12-7-9-13(19)10-8-12)16-14(18(20)22)5-4-6-15(16)21(23)24/h4-10,17H,2-3,11H2,1H3. The van der Waals surface area contributed by atoms with E-state index in [1.165, 1.54) is 6.07 Å². The van der Waals surface area contributed by atoms with Crippen LogP contribution < -0.4 is 0 Å². The average molecular weight is 345 g/mol. The summed E-state index contributed by atoms with van der Waals surface area (Å²) >= 11 is 5.96. The molecule has 1 heterocycles. The van der Waals surface area contributed by atoms with Gasteiger partial charge in [0.25, 0.3) is 11.6 Å². The van der Waals surface area contributed by atoms with Crippen molar-refractivity contribution < 1.29 is 9.72 Å². The molecular weight excluding hydrogens is 328 g/mol. The van der Waals surface area contributed by atoms with Crippen LogP contribution in [0.1, 0.15) is 47.3 Å². The van der Waals surface area contributed by atoms with Gasteiger partial charge in [0.2, 0.25) is 0 Å². The Morgan fingerprint density at radius 3 is 2.54 bits per heavy atom. The van der Waals surface area contributed by atoms with Crippen molar-refractivity contribution in [3.63, 3.8) is 0 Å². The van der Waals surface area contributed by atoms with E-state index < -0.39 is 11.0 Å². The van der Waals surface area contributed by atoms with Crippen molar-refractivity contribution in [2.45, 2.75) is 25.8 Å². The minimum atomic E-state index is -0.446. The van der Waals surface area contributed by atoms with Gasteiger partial charge in [0.05, 0.1) is 22.1 Å². The van der Waals surface area contributed by atoms with E-state index in [2.05, 4.69) is 0 Å². The molecule has 1 unspecified atom stereocenters. The Balaban J connectivity index is 2.17. The van der Waals surface area contributed by atoms with E-state index in [1.54, 1.807) is 29.2 Å². The summed E-state index contributed by atoms with van der Waals surface area (Å²) in [5, 5.41) is 12.1. The smallest absolute Gasteiger partial charge is 0.275 e. The number of halogens is 1. The number of nitro benzene ring substituents is 1. The number of hydrogen-bond donors (Lipinski definition) is 0. The number of hydrogen-bond acceptors (Lipinski definition) is 3. The largest absolute Gasteiger partial charge is 0.327 e. The third-order valence-electron chi connectivity index (χ3n) is 4.29. The van der Waals surface area contributed by atoms with Crippen molar-refractivity contribution >= 4 is 23.2 Å². The van der Waals surface area contributed by atoms with Crippen molar-refractivity contribution in [2.24, 2.45) is 0 Å². The number of amides is 1. The van der Waals surface area contributed by atoms with Gasteiger partial charge in [-0.05, 0) is 30.2 Å². The number of carbonyl (C=O) groups excluding carboxylic acids is 1. The highest BCUT2D eigenvalue weighted by Gasteiger charge is 2.41.